The third-order valence-corrected chi connectivity index (χ3v) is 4.29. The minimum Gasteiger partial charge on any atom is -0.369 e. The van der Waals surface area contributed by atoms with Gasteiger partial charge in [0.2, 0.25) is 0 Å². The van der Waals surface area contributed by atoms with Gasteiger partial charge in [0.1, 0.15) is 0 Å². The van der Waals surface area contributed by atoms with Crippen LogP contribution in [0, 0.1) is 11.5 Å². The Morgan fingerprint density at radius 2 is 1.95 bits per heavy atom. The third kappa shape index (κ3) is 4.65. The molecule has 0 amide bonds. The lowest BCUT2D eigenvalue weighted by atomic mass is 10.2. The topological polar surface area (TPSA) is 54.7 Å². The van der Waals surface area contributed by atoms with Gasteiger partial charge in [0, 0.05) is 31.9 Å². The molecule has 0 radical (unpaired) electrons. The predicted octanol–water partition coefficient (Wildman–Crippen LogP) is 2.64. The highest BCUT2D eigenvalue weighted by Gasteiger charge is 2.16. The lowest BCUT2D eigenvalue weighted by Gasteiger charge is -2.36. The molecule has 0 spiro atoms. The smallest absolute Gasteiger partial charge is 0.183 e. The number of nitrogens with zero attached hydrogens (tertiary/aromatic N) is 4. The van der Waals surface area contributed by atoms with Crippen molar-refractivity contribution in [1.82, 2.24) is 10.2 Å². The van der Waals surface area contributed by atoms with Crippen molar-refractivity contribution in [1.29, 1.82) is 5.26 Å². The largest absolute Gasteiger partial charge is 0.369 e. The Kier molecular flexibility index (Phi) is 6.56. The minimum atomic E-state index is 0.614. The summed E-state index contributed by atoms with van der Waals surface area (Å²) in [7, 11) is 0. The number of anilines is 1. The highest BCUT2D eigenvalue weighted by atomic mass is 32.2. The van der Waals surface area contributed by atoms with E-state index in [2.05, 4.69) is 39.2 Å². The summed E-state index contributed by atoms with van der Waals surface area (Å²) in [4.78, 5) is 9.35. The van der Waals surface area contributed by atoms with Gasteiger partial charge in [-0.15, -0.1) is 0 Å². The minimum absolute atomic E-state index is 0.614. The van der Waals surface area contributed by atoms with Crippen molar-refractivity contribution in [2.24, 2.45) is 4.99 Å². The second-order valence-corrected chi connectivity index (χ2v) is 6.00. The highest BCUT2D eigenvalue weighted by Crippen LogP contribution is 2.21. The molecule has 0 unspecified atom stereocenters. The maximum absolute atomic E-state index is 8.65. The average Bonchev–Trinajstić information content (AvgIpc) is 2.56. The van der Waals surface area contributed by atoms with E-state index in [9.17, 15) is 0 Å². The van der Waals surface area contributed by atoms with Gasteiger partial charge in [-0.25, -0.2) is 4.99 Å². The third-order valence-electron chi connectivity index (χ3n) is 3.71. The second-order valence-electron chi connectivity index (χ2n) is 5.20. The van der Waals surface area contributed by atoms with Gasteiger partial charge in [-0.2, -0.15) is 5.26 Å². The van der Waals surface area contributed by atoms with Crippen LogP contribution in [0.3, 0.4) is 0 Å². The molecule has 1 saturated heterocycles. The van der Waals surface area contributed by atoms with Crippen LogP contribution >= 0.6 is 11.8 Å². The molecule has 1 aromatic carbocycles. The van der Waals surface area contributed by atoms with Gasteiger partial charge in [-0.3, -0.25) is 10.2 Å². The Morgan fingerprint density at radius 3 is 2.50 bits per heavy atom. The van der Waals surface area contributed by atoms with E-state index in [-0.39, 0.29) is 0 Å². The van der Waals surface area contributed by atoms with Crippen molar-refractivity contribution < 1.29 is 0 Å². The fraction of sp³-hybridized carbons (Fsp3) is 0.500. The van der Waals surface area contributed by atoms with Gasteiger partial charge in [-0.1, -0.05) is 18.7 Å². The first-order valence-corrected chi connectivity index (χ1v) is 8.84. The standard InChI is InChI=1S/C16H23N5S/c1-3-8-20-9-11-21(12-10-20)15-6-4-14(5-7-15)19-16(22-2)18-13-17/h4-7H,3,8-12H2,1-2H3,(H,18,19). The van der Waals surface area contributed by atoms with E-state index in [0.717, 1.165) is 31.9 Å². The fourth-order valence-corrected chi connectivity index (χ4v) is 2.92. The van der Waals surface area contributed by atoms with Gasteiger partial charge in [0.15, 0.2) is 11.4 Å². The number of benzene rings is 1. The molecule has 118 valence electrons. The second kappa shape index (κ2) is 8.66. The summed E-state index contributed by atoms with van der Waals surface area (Å²) in [6.45, 7) is 7.86. The summed E-state index contributed by atoms with van der Waals surface area (Å²) < 4.78 is 0. The Labute approximate surface area is 137 Å². The van der Waals surface area contributed by atoms with E-state index >= 15 is 0 Å². The highest BCUT2D eigenvalue weighted by molar-refractivity contribution is 8.13. The molecule has 6 heteroatoms. The number of aliphatic imine (C=N–C) groups is 1. The Balaban J connectivity index is 1.96. The number of piperazine rings is 1. The van der Waals surface area contributed by atoms with Crippen LogP contribution in [0.4, 0.5) is 11.4 Å². The summed E-state index contributed by atoms with van der Waals surface area (Å²) >= 11 is 1.43. The van der Waals surface area contributed by atoms with Gasteiger partial charge in [0.05, 0.1) is 5.69 Å². The zero-order valence-electron chi connectivity index (χ0n) is 13.2. The first-order chi connectivity index (χ1) is 10.8. The van der Waals surface area contributed by atoms with E-state index < -0.39 is 0 Å². The predicted molar refractivity (Wildman–Crippen MR) is 94.7 cm³/mol. The van der Waals surface area contributed by atoms with Gasteiger partial charge < -0.3 is 4.90 Å². The lowest BCUT2D eigenvalue weighted by Crippen LogP contribution is -2.46. The molecule has 0 aromatic heterocycles. The normalized spacial score (nSPS) is 16.4. The first kappa shape index (κ1) is 16.7. The van der Waals surface area contributed by atoms with Crippen molar-refractivity contribution in [3.8, 4) is 6.19 Å². The van der Waals surface area contributed by atoms with Gasteiger partial charge >= 0.3 is 0 Å². The number of rotatable bonds is 4. The molecule has 1 heterocycles. The first-order valence-electron chi connectivity index (χ1n) is 7.62. The molecule has 2 rings (SSSR count). The van der Waals surface area contributed by atoms with E-state index in [1.165, 1.54) is 30.4 Å². The van der Waals surface area contributed by atoms with Crippen LogP contribution in [-0.4, -0.2) is 49.0 Å². The molecule has 1 fully saturated rings. The Morgan fingerprint density at radius 1 is 1.27 bits per heavy atom. The van der Waals surface area contributed by atoms with Crippen LogP contribution in [-0.2, 0) is 0 Å². The summed E-state index contributed by atoms with van der Waals surface area (Å²) in [5.74, 6) is 0. The molecular formula is C16H23N5S. The molecule has 1 aliphatic heterocycles. The molecule has 1 aromatic rings. The molecular weight excluding hydrogens is 294 g/mol. The number of amidine groups is 1. The van der Waals surface area contributed by atoms with Crippen LogP contribution < -0.4 is 10.2 Å². The molecule has 0 aliphatic carbocycles. The fourth-order valence-electron chi connectivity index (χ4n) is 2.57. The number of nitriles is 1. The SMILES string of the molecule is CCCN1CCN(c2ccc(N=C(NC#N)SC)cc2)CC1. The zero-order valence-corrected chi connectivity index (χ0v) is 14.1. The van der Waals surface area contributed by atoms with Crippen LogP contribution in [0.15, 0.2) is 29.3 Å². The number of hydrogen-bond acceptors (Lipinski definition) is 5. The van der Waals surface area contributed by atoms with Crippen LogP contribution in [0.1, 0.15) is 13.3 Å². The van der Waals surface area contributed by atoms with E-state index in [1.54, 1.807) is 0 Å². The van der Waals surface area contributed by atoms with Crippen molar-refractivity contribution in [3.63, 3.8) is 0 Å². The van der Waals surface area contributed by atoms with Gasteiger partial charge in [0.25, 0.3) is 0 Å². The average molecular weight is 317 g/mol. The van der Waals surface area contributed by atoms with Crippen LogP contribution in [0.25, 0.3) is 0 Å². The van der Waals surface area contributed by atoms with Crippen LogP contribution in [0.2, 0.25) is 0 Å². The molecule has 0 bridgehead atoms. The monoisotopic (exact) mass is 317 g/mol. The summed E-state index contributed by atoms with van der Waals surface area (Å²) in [6.07, 6.45) is 5.02. The zero-order chi connectivity index (χ0) is 15.8. The quantitative estimate of drug-likeness (QED) is 0.400. The molecule has 0 atom stereocenters. The summed E-state index contributed by atoms with van der Waals surface area (Å²) in [5.41, 5.74) is 2.11. The van der Waals surface area contributed by atoms with Crippen molar-refractivity contribution in [3.05, 3.63) is 24.3 Å². The molecule has 1 aliphatic rings. The van der Waals surface area contributed by atoms with E-state index in [0.29, 0.717) is 5.17 Å². The number of thioether (sulfide) groups is 1. The van der Waals surface area contributed by atoms with Crippen molar-refractivity contribution >= 4 is 28.3 Å². The number of hydrogen-bond donors (Lipinski definition) is 1. The van der Waals surface area contributed by atoms with Gasteiger partial charge in [-0.05, 0) is 43.5 Å². The maximum Gasteiger partial charge on any atom is 0.183 e. The van der Waals surface area contributed by atoms with Crippen LogP contribution in [0.5, 0.6) is 0 Å². The van der Waals surface area contributed by atoms with Crippen molar-refractivity contribution in [2.75, 3.05) is 43.9 Å². The molecule has 5 nitrogen and oxygen atoms in total. The molecule has 22 heavy (non-hydrogen) atoms. The Hall–Kier alpha value is -1.71. The lowest BCUT2D eigenvalue weighted by molar-refractivity contribution is 0.258. The maximum atomic E-state index is 8.65. The molecule has 1 N–H and O–H groups in total. The summed E-state index contributed by atoms with van der Waals surface area (Å²) in [6, 6.07) is 8.23. The molecule has 0 saturated carbocycles. The van der Waals surface area contributed by atoms with E-state index in [4.69, 9.17) is 5.26 Å². The Bertz CT molecular complexity index is 526. The van der Waals surface area contributed by atoms with E-state index in [1.807, 2.05) is 24.6 Å². The number of nitrogens with one attached hydrogen (secondary N) is 1. The summed E-state index contributed by atoms with van der Waals surface area (Å²) in [5, 5.41) is 11.8. The van der Waals surface area contributed by atoms with Crippen molar-refractivity contribution in [2.45, 2.75) is 13.3 Å².